The number of halogens is 2. The monoisotopic (exact) mass is 394 g/mol. The molecule has 8 heteroatoms. The Labute approximate surface area is 164 Å². The second-order valence-corrected chi connectivity index (χ2v) is 6.97. The Bertz CT molecular complexity index is 1320. The van der Waals surface area contributed by atoms with Crippen molar-refractivity contribution in [3.05, 3.63) is 70.6 Å². The molecule has 0 radical (unpaired) electrons. The predicted octanol–water partition coefficient (Wildman–Crippen LogP) is 4.75. The third-order valence-electron chi connectivity index (χ3n) is 4.42. The van der Waals surface area contributed by atoms with Gasteiger partial charge in [0.2, 0.25) is 0 Å². The van der Waals surface area contributed by atoms with Gasteiger partial charge in [-0.2, -0.15) is 5.10 Å². The molecule has 5 aromatic rings. The van der Waals surface area contributed by atoms with Crippen molar-refractivity contribution >= 4 is 39.9 Å². The number of hydrogen-bond donors (Lipinski definition) is 0. The Hall–Kier alpha value is -2.96. The summed E-state index contributed by atoms with van der Waals surface area (Å²) in [6, 6.07) is 13.3. The van der Waals surface area contributed by atoms with Crippen LogP contribution in [0.15, 0.2) is 55.0 Å². The molecule has 0 fully saturated rings. The lowest BCUT2D eigenvalue weighted by molar-refractivity contribution is 0.882. The molecule has 0 N–H and O–H groups in total. The van der Waals surface area contributed by atoms with Gasteiger partial charge in [0.05, 0.1) is 22.3 Å². The van der Waals surface area contributed by atoms with Gasteiger partial charge >= 0.3 is 0 Å². The summed E-state index contributed by atoms with van der Waals surface area (Å²) in [5, 5.41) is 11.0. The molecule has 3 heterocycles. The average Bonchev–Trinajstić information content (AvgIpc) is 3.28. The quantitative estimate of drug-likeness (QED) is 0.433. The van der Waals surface area contributed by atoms with Gasteiger partial charge in [0.15, 0.2) is 17.1 Å². The fraction of sp³-hybridized carbons (Fsp3) is 0.0526. The lowest BCUT2D eigenvalue weighted by Crippen LogP contribution is -1.99. The standard InChI is InChI=1S/C19H12Cl2N6/c1-11-6-7-12(8-16(11)21)27-18-14(9-23-27)19-24-17(25-26(19)10-22-18)13-4-2-3-5-15(13)20/h2-10H,1H3. The number of nitrogens with zero attached hydrogens (tertiary/aromatic N) is 6. The van der Waals surface area contributed by atoms with Crippen LogP contribution in [0.5, 0.6) is 0 Å². The molecule has 0 saturated heterocycles. The molecule has 132 valence electrons. The zero-order valence-corrected chi connectivity index (χ0v) is 15.6. The van der Waals surface area contributed by atoms with Gasteiger partial charge in [0.25, 0.3) is 0 Å². The molecule has 0 aliphatic rings. The highest BCUT2D eigenvalue weighted by Crippen LogP contribution is 2.27. The fourth-order valence-electron chi connectivity index (χ4n) is 2.98. The summed E-state index contributed by atoms with van der Waals surface area (Å²) in [6.07, 6.45) is 3.36. The van der Waals surface area contributed by atoms with Crippen molar-refractivity contribution in [2.24, 2.45) is 0 Å². The number of fused-ring (bicyclic) bond motifs is 3. The van der Waals surface area contributed by atoms with Crippen molar-refractivity contribution in [3.63, 3.8) is 0 Å². The molecule has 3 aromatic heterocycles. The van der Waals surface area contributed by atoms with Crippen LogP contribution in [0.25, 0.3) is 33.8 Å². The molecule has 0 spiro atoms. The Morgan fingerprint density at radius 1 is 0.963 bits per heavy atom. The average molecular weight is 395 g/mol. The SMILES string of the molecule is Cc1ccc(-n2ncc3c2ncn2nc(-c4ccccc4Cl)nc32)cc1Cl. The molecule has 27 heavy (non-hydrogen) atoms. The molecule has 0 aliphatic heterocycles. The van der Waals surface area contributed by atoms with Crippen LogP contribution < -0.4 is 0 Å². The van der Waals surface area contributed by atoms with E-state index in [4.69, 9.17) is 23.2 Å². The lowest BCUT2D eigenvalue weighted by Gasteiger charge is -2.05. The predicted molar refractivity (Wildman–Crippen MR) is 106 cm³/mol. The van der Waals surface area contributed by atoms with Gasteiger partial charge < -0.3 is 0 Å². The van der Waals surface area contributed by atoms with E-state index in [2.05, 4.69) is 20.2 Å². The van der Waals surface area contributed by atoms with Crippen LogP contribution in [0, 0.1) is 6.92 Å². The van der Waals surface area contributed by atoms with Crippen LogP contribution in [0.4, 0.5) is 0 Å². The van der Waals surface area contributed by atoms with Crippen molar-refractivity contribution in [2.45, 2.75) is 6.92 Å². The van der Waals surface area contributed by atoms with E-state index in [0.717, 1.165) is 22.2 Å². The number of hydrogen-bond acceptors (Lipinski definition) is 4. The van der Waals surface area contributed by atoms with Gasteiger partial charge in [0, 0.05) is 10.6 Å². The minimum absolute atomic E-state index is 0.543. The molecule has 2 aromatic carbocycles. The minimum atomic E-state index is 0.543. The second kappa shape index (κ2) is 6.04. The lowest BCUT2D eigenvalue weighted by atomic mass is 10.2. The maximum Gasteiger partial charge on any atom is 0.183 e. The van der Waals surface area contributed by atoms with Crippen LogP contribution in [0.3, 0.4) is 0 Å². The van der Waals surface area contributed by atoms with E-state index in [1.54, 1.807) is 21.7 Å². The van der Waals surface area contributed by atoms with E-state index in [9.17, 15) is 0 Å². The fourth-order valence-corrected chi connectivity index (χ4v) is 3.37. The summed E-state index contributed by atoms with van der Waals surface area (Å²) in [4.78, 5) is 9.17. The molecule has 0 bridgehead atoms. The van der Waals surface area contributed by atoms with Crippen molar-refractivity contribution in [2.75, 3.05) is 0 Å². The van der Waals surface area contributed by atoms with Crippen molar-refractivity contribution in [1.29, 1.82) is 0 Å². The smallest absolute Gasteiger partial charge is 0.183 e. The molecule has 0 aliphatic carbocycles. The number of benzene rings is 2. The highest BCUT2D eigenvalue weighted by molar-refractivity contribution is 6.33. The molecule has 0 amide bonds. The first-order valence-corrected chi connectivity index (χ1v) is 8.98. The van der Waals surface area contributed by atoms with E-state index in [-0.39, 0.29) is 0 Å². The summed E-state index contributed by atoms with van der Waals surface area (Å²) < 4.78 is 3.37. The van der Waals surface area contributed by atoms with Crippen LogP contribution in [-0.2, 0) is 0 Å². The van der Waals surface area contributed by atoms with E-state index < -0.39 is 0 Å². The molecular formula is C19H12Cl2N6. The molecule has 0 unspecified atom stereocenters. The Morgan fingerprint density at radius 2 is 1.81 bits per heavy atom. The van der Waals surface area contributed by atoms with Crippen molar-refractivity contribution in [3.8, 4) is 17.1 Å². The first-order valence-electron chi connectivity index (χ1n) is 8.22. The van der Waals surface area contributed by atoms with E-state index in [0.29, 0.717) is 27.2 Å². The second-order valence-electron chi connectivity index (χ2n) is 6.16. The van der Waals surface area contributed by atoms with E-state index in [1.165, 1.54) is 0 Å². The summed E-state index contributed by atoms with van der Waals surface area (Å²) in [5.74, 6) is 0.543. The largest absolute Gasteiger partial charge is 0.216 e. The topological polar surface area (TPSA) is 60.9 Å². The van der Waals surface area contributed by atoms with Crippen molar-refractivity contribution in [1.82, 2.24) is 29.4 Å². The van der Waals surface area contributed by atoms with Gasteiger partial charge in [-0.3, -0.25) is 0 Å². The zero-order chi connectivity index (χ0) is 18.5. The first-order chi connectivity index (χ1) is 13.1. The third-order valence-corrected chi connectivity index (χ3v) is 5.16. The van der Waals surface area contributed by atoms with E-state index >= 15 is 0 Å². The Kier molecular flexibility index (Phi) is 3.63. The van der Waals surface area contributed by atoms with Crippen LogP contribution in [-0.4, -0.2) is 29.4 Å². The van der Waals surface area contributed by atoms with Crippen molar-refractivity contribution < 1.29 is 0 Å². The molecule has 0 atom stereocenters. The third kappa shape index (κ3) is 2.57. The molecule has 0 saturated carbocycles. The first kappa shape index (κ1) is 16.2. The van der Waals surface area contributed by atoms with Gasteiger partial charge in [-0.05, 0) is 36.8 Å². The highest BCUT2D eigenvalue weighted by Gasteiger charge is 2.15. The molecule has 5 rings (SSSR count). The van der Waals surface area contributed by atoms with Gasteiger partial charge in [-0.1, -0.05) is 41.4 Å². The number of rotatable bonds is 2. The van der Waals surface area contributed by atoms with E-state index in [1.807, 2.05) is 49.4 Å². The maximum atomic E-state index is 6.28. The van der Waals surface area contributed by atoms with Crippen LogP contribution in [0.2, 0.25) is 10.0 Å². The van der Waals surface area contributed by atoms with Gasteiger partial charge in [-0.15, -0.1) is 5.10 Å². The van der Waals surface area contributed by atoms with Gasteiger partial charge in [-0.25, -0.2) is 19.2 Å². The summed E-state index contributed by atoms with van der Waals surface area (Å²) >= 11 is 12.5. The van der Waals surface area contributed by atoms with Crippen LogP contribution in [0.1, 0.15) is 5.56 Å². The zero-order valence-electron chi connectivity index (χ0n) is 14.1. The summed E-state index contributed by atoms with van der Waals surface area (Å²) in [5.41, 5.74) is 3.96. The Morgan fingerprint density at radius 3 is 2.63 bits per heavy atom. The minimum Gasteiger partial charge on any atom is -0.216 e. The summed E-state index contributed by atoms with van der Waals surface area (Å²) in [6.45, 7) is 1.96. The highest BCUT2D eigenvalue weighted by atomic mass is 35.5. The van der Waals surface area contributed by atoms with Gasteiger partial charge in [0.1, 0.15) is 6.33 Å². The molecule has 6 nitrogen and oxygen atoms in total. The summed E-state index contributed by atoms with van der Waals surface area (Å²) in [7, 11) is 0. The number of aryl methyl sites for hydroxylation is 1. The normalized spacial score (nSPS) is 11.5. The van der Waals surface area contributed by atoms with Crippen LogP contribution >= 0.6 is 23.2 Å². The Balaban J connectivity index is 1.71. The number of aromatic nitrogens is 6. The maximum absolute atomic E-state index is 6.28. The molecular weight excluding hydrogens is 383 g/mol.